The van der Waals surface area contributed by atoms with Crippen LogP contribution in [0.25, 0.3) is 0 Å². The summed E-state index contributed by atoms with van der Waals surface area (Å²) >= 11 is 0. The van der Waals surface area contributed by atoms with Gasteiger partial charge in [0.25, 0.3) is 0 Å². The number of aryl methyl sites for hydroxylation is 1. The van der Waals surface area contributed by atoms with Gasteiger partial charge in [-0.2, -0.15) is 0 Å². The van der Waals surface area contributed by atoms with Crippen molar-refractivity contribution < 1.29 is 0 Å². The highest BCUT2D eigenvalue weighted by Crippen LogP contribution is 2.38. The molecule has 2 heteroatoms. The average Bonchev–Trinajstić information content (AvgIpc) is 2.64. The Balaban J connectivity index is 2.47. The zero-order chi connectivity index (χ0) is 7.84. The maximum absolute atomic E-state index is 11.0. The van der Waals surface area contributed by atoms with Gasteiger partial charge in [-0.05, 0) is 37.3 Å². The van der Waals surface area contributed by atoms with Crippen molar-refractivity contribution in [1.29, 1.82) is 0 Å². The number of hydrogen-bond acceptors (Lipinski definition) is 1. The van der Waals surface area contributed by atoms with Gasteiger partial charge in [0.1, 0.15) is 0 Å². The van der Waals surface area contributed by atoms with Crippen molar-refractivity contribution in [2.75, 3.05) is 0 Å². The Labute approximate surface area is 65.3 Å². The number of hydrogen-bond donors (Lipinski definition) is 1. The topological polar surface area (TPSA) is 32.9 Å². The monoisotopic (exact) mass is 149 g/mol. The summed E-state index contributed by atoms with van der Waals surface area (Å²) in [6.07, 6.45) is 2.47. The van der Waals surface area contributed by atoms with Gasteiger partial charge in [0, 0.05) is 11.8 Å². The van der Waals surface area contributed by atoms with Crippen molar-refractivity contribution in [3.63, 3.8) is 0 Å². The Kier molecular flexibility index (Phi) is 1.34. The van der Waals surface area contributed by atoms with Gasteiger partial charge in [-0.15, -0.1) is 0 Å². The molecular formula is C9H11NO. The van der Waals surface area contributed by atoms with E-state index in [-0.39, 0.29) is 5.56 Å². The molecule has 0 amide bonds. The molecule has 2 nitrogen and oxygen atoms in total. The van der Waals surface area contributed by atoms with Crippen LogP contribution in [-0.2, 0) is 0 Å². The fourth-order valence-corrected chi connectivity index (χ4v) is 1.32. The molecule has 1 aromatic rings. The normalized spacial score (nSPS) is 16.8. The van der Waals surface area contributed by atoms with E-state index in [4.69, 9.17) is 0 Å². The minimum atomic E-state index is 0.0342. The minimum Gasteiger partial charge on any atom is -0.326 e. The summed E-state index contributed by atoms with van der Waals surface area (Å²) in [4.78, 5) is 13.8. The summed E-state index contributed by atoms with van der Waals surface area (Å²) in [5, 5.41) is 0. The van der Waals surface area contributed by atoms with Crippen molar-refractivity contribution in [1.82, 2.24) is 4.98 Å². The number of H-pyrrole nitrogens is 1. The predicted molar refractivity (Wildman–Crippen MR) is 43.8 cm³/mol. The van der Waals surface area contributed by atoms with Crippen LogP contribution in [0.4, 0.5) is 0 Å². The van der Waals surface area contributed by atoms with E-state index in [2.05, 4.69) is 11.1 Å². The smallest absolute Gasteiger partial charge is 0.248 e. The third kappa shape index (κ3) is 1.34. The van der Waals surface area contributed by atoms with Gasteiger partial charge >= 0.3 is 0 Å². The molecule has 0 aromatic carbocycles. The highest BCUT2D eigenvalue weighted by Gasteiger charge is 2.24. The van der Waals surface area contributed by atoms with Crippen molar-refractivity contribution >= 4 is 0 Å². The summed E-state index contributed by atoms with van der Waals surface area (Å²) < 4.78 is 0. The number of pyridine rings is 1. The molecule has 2 rings (SSSR count). The summed E-state index contributed by atoms with van der Waals surface area (Å²) in [6.45, 7) is 1.96. The van der Waals surface area contributed by atoms with E-state index < -0.39 is 0 Å². The van der Waals surface area contributed by atoms with Crippen LogP contribution >= 0.6 is 0 Å². The summed E-state index contributed by atoms with van der Waals surface area (Å²) in [7, 11) is 0. The minimum absolute atomic E-state index is 0.0342. The van der Waals surface area contributed by atoms with Crippen LogP contribution in [0.15, 0.2) is 16.9 Å². The van der Waals surface area contributed by atoms with Crippen LogP contribution < -0.4 is 5.56 Å². The second-order valence-electron chi connectivity index (χ2n) is 3.25. The fourth-order valence-electron chi connectivity index (χ4n) is 1.32. The largest absolute Gasteiger partial charge is 0.326 e. The van der Waals surface area contributed by atoms with Crippen molar-refractivity contribution in [3.8, 4) is 0 Å². The molecule has 0 atom stereocenters. The molecule has 1 N–H and O–H groups in total. The first-order chi connectivity index (χ1) is 5.25. The van der Waals surface area contributed by atoms with Crippen molar-refractivity contribution in [2.24, 2.45) is 0 Å². The zero-order valence-corrected chi connectivity index (χ0v) is 6.55. The molecule has 0 aliphatic heterocycles. The van der Waals surface area contributed by atoms with E-state index in [1.165, 1.54) is 12.8 Å². The third-order valence-corrected chi connectivity index (χ3v) is 2.03. The highest BCUT2D eigenvalue weighted by molar-refractivity contribution is 5.20. The van der Waals surface area contributed by atoms with Gasteiger partial charge < -0.3 is 4.98 Å². The fraction of sp³-hybridized carbons (Fsp3) is 0.444. The van der Waals surface area contributed by atoms with Gasteiger partial charge in [0.2, 0.25) is 5.56 Å². The predicted octanol–water partition coefficient (Wildman–Crippen LogP) is 1.56. The van der Waals surface area contributed by atoms with E-state index in [9.17, 15) is 4.79 Å². The number of nitrogens with one attached hydrogen (secondary N) is 1. The molecule has 0 unspecified atom stereocenters. The Bertz CT molecular complexity index is 323. The zero-order valence-electron chi connectivity index (χ0n) is 6.55. The third-order valence-electron chi connectivity index (χ3n) is 2.03. The van der Waals surface area contributed by atoms with E-state index in [1.54, 1.807) is 6.07 Å². The molecule has 1 saturated carbocycles. The summed E-state index contributed by atoms with van der Waals surface area (Å²) in [5.74, 6) is 0.641. The van der Waals surface area contributed by atoms with E-state index in [0.717, 1.165) is 11.3 Å². The molecule has 0 bridgehead atoms. The average molecular weight is 149 g/mol. The summed E-state index contributed by atoms with van der Waals surface area (Å²) in [6, 6.07) is 3.70. The Morgan fingerprint density at radius 2 is 2.18 bits per heavy atom. The molecule has 0 radical (unpaired) electrons. The van der Waals surface area contributed by atoms with Crippen LogP contribution in [0.1, 0.15) is 30.0 Å². The SMILES string of the molecule is Cc1cc(C2CC2)[nH]c(=O)c1. The molecule has 0 saturated heterocycles. The maximum atomic E-state index is 11.0. The van der Waals surface area contributed by atoms with Crippen LogP contribution in [0.2, 0.25) is 0 Å². The van der Waals surface area contributed by atoms with Crippen LogP contribution in [0, 0.1) is 6.92 Å². The molecule has 0 spiro atoms. The molecule has 1 aliphatic rings. The molecule has 1 aromatic heterocycles. The lowest BCUT2D eigenvalue weighted by Crippen LogP contribution is -2.07. The number of aromatic amines is 1. The van der Waals surface area contributed by atoms with Gasteiger partial charge in [-0.25, -0.2) is 0 Å². The lowest BCUT2D eigenvalue weighted by molar-refractivity contribution is 0.991. The maximum Gasteiger partial charge on any atom is 0.248 e. The lowest BCUT2D eigenvalue weighted by atomic mass is 10.2. The highest BCUT2D eigenvalue weighted by atomic mass is 16.1. The molecular weight excluding hydrogens is 138 g/mol. The number of aromatic nitrogens is 1. The Hall–Kier alpha value is -1.05. The van der Waals surface area contributed by atoms with Gasteiger partial charge in [0.15, 0.2) is 0 Å². The second kappa shape index (κ2) is 2.22. The lowest BCUT2D eigenvalue weighted by Gasteiger charge is -1.97. The quantitative estimate of drug-likeness (QED) is 0.645. The van der Waals surface area contributed by atoms with Crippen molar-refractivity contribution in [3.05, 3.63) is 33.7 Å². The van der Waals surface area contributed by atoms with Crippen LogP contribution in [0.3, 0.4) is 0 Å². The second-order valence-corrected chi connectivity index (χ2v) is 3.25. The van der Waals surface area contributed by atoms with Gasteiger partial charge in [-0.1, -0.05) is 0 Å². The standard InChI is InChI=1S/C9H11NO/c1-6-4-8(7-2-3-7)10-9(11)5-6/h4-5,7H,2-3H2,1H3,(H,10,11). The Morgan fingerprint density at radius 1 is 1.45 bits per heavy atom. The molecule has 58 valence electrons. The summed E-state index contributed by atoms with van der Waals surface area (Å²) in [5.41, 5.74) is 2.22. The van der Waals surface area contributed by atoms with Crippen LogP contribution in [-0.4, -0.2) is 4.98 Å². The van der Waals surface area contributed by atoms with Gasteiger partial charge in [0.05, 0.1) is 0 Å². The van der Waals surface area contributed by atoms with Gasteiger partial charge in [-0.3, -0.25) is 4.79 Å². The van der Waals surface area contributed by atoms with E-state index in [1.807, 2.05) is 6.92 Å². The van der Waals surface area contributed by atoms with Crippen LogP contribution in [0.5, 0.6) is 0 Å². The first-order valence-corrected chi connectivity index (χ1v) is 3.96. The molecule has 11 heavy (non-hydrogen) atoms. The molecule has 1 heterocycles. The number of rotatable bonds is 1. The first kappa shape index (κ1) is 6.65. The molecule has 1 aliphatic carbocycles. The first-order valence-electron chi connectivity index (χ1n) is 3.96. The van der Waals surface area contributed by atoms with E-state index >= 15 is 0 Å². The Morgan fingerprint density at radius 3 is 2.73 bits per heavy atom. The van der Waals surface area contributed by atoms with E-state index in [0.29, 0.717) is 5.92 Å². The van der Waals surface area contributed by atoms with Crippen molar-refractivity contribution in [2.45, 2.75) is 25.7 Å². The molecule has 1 fully saturated rings.